The lowest BCUT2D eigenvalue weighted by Gasteiger charge is -2.09. The van der Waals surface area contributed by atoms with E-state index in [0.29, 0.717) is 12.6 Å². The molecule has 0 bridgehead atoms. The van der Waals surface area contributed by atoms with Crippen molar-refractivity contribution in [1.82, 2.24) is 15.0 Å². The zero-order chi connectivity index (χ0) is 15.5. The van der Waals surface area contributed by atoms with E-state index in [-0.39, 0.29) is 18.1 Å². The van der Waals surface area contributed by atoms with E-state index < -0.39 is 0 Å². The quantitative estimate of drug-likeness (QED) is 0.321. The van der Waals surface area contributed by atoms with Crippen LogP contribution in [0.25, 0.3) is 0 Å². The normalized spacial score (nSPS) is 10.7. The molecule has 0 aliphatic heterocycles. The number of ether oxygens (including phenoxy) is 2. The van der Waals surface area contributed by atoms with Gasteiger partial charge in [-0.05, 0) is 33.1 Å². The minimum Gasteiger partial charge on any atom is -0.463 e. The van der Waals surface area contributed by atoms with Gasteiger partial charge in [0.2, 0.25) is 11.9 Å². The third kappa shape index (κ3) is 7.62. The maximum atomic E-state index is 5.48. The Bertz CT molecular complexity index is 402. The van der Waals surface area contributed by atoms with Crippen LogP contribution in [0.5, 0.6) is 6.01 Å². The lowest BCUT2D eigenvalue weighted by molar-refractivity contribution is 0.0765. The van der Waals surface area contributed by atoms with Crippen molar-refractivity contribution >= 4 is 11.9 Å². The topological polar surface area (TPSA) is 107 Å². The Morgan fingerprint density at radius 1 is 1.10 bits per heavy atom. The van der Waals surface area contributed by atoms with E-state index in [1.54, 1.807) is 0 Å². The fourth-order valence-corrected chi connectivity index (χ4v) is 1.50. The van der Waals surface area contributed by atoms with Crippen LogP contribution in [-0.4, -0.2) is 40.8 Å². The number of nitrogens with two attached hydrogens (primary N) is 1. The number of nitrogen functional groups attached to an aromatic ring is 1. The van der Waals surface area contributed by atoms with Gasteiger partial charge in [-0.3, -0.25) is 5.43 Å². The molecule has 0 aliphatic carbocycles. The average molecular weight is 298 g/mol. The van der Waals surface area contributed by atoms with E-state index in [1.807, 2.05) is 20.8 Å². The molecule has 0 radical (unpaired) electrons. The van der Waals surface area contributed by atoms with Crippen LogP contribution in [-0.2, 0) is 4.74 Å². The van der Waals surface area contributed by atoms with Crippen LogP contribution < -0.4 is 21.3 Å². The van der Waals surface area contributed by atoms with Gasteiger partial charge in [0.15, 0.2) is 0 Å². The van der Waals surface area contributed by atoms with Gasteiger partial charge in [-0.2, -0.15) is 15.0 Å². The van der Waals surface area contributed by atoms with Gasteiger partial charge in [0.1, 0.15) is 0 Å². The molecule has 4 N–H and O–H groups in total. The summed E-state index contributed by atoms with van der Waals surface area (Å²) in [5.41, 5.74) is 2.41. The summed E-state index contributed by atoms with van der Waals surface area (Å²) in [5, 5.41) is 3.13. The molecule has 0 spiro atoms. The van der Waals surface area contributed by atoms with E-state index in [9.17, 15) is 0 Å². The summed E-state index contributed by atoms with van der Waals surface area (Å²) in [5.74, 6) is 6.07. The second-order valence-corrected chi connectivity index (χ2v) is 4.81. The molecule has 1 aromatic heterocycles. The molecule has 0 atom stereocenters. The first-order valence-corrected chi connectivity index (χ1v) is 7.36. The maximum Gasteiger partial charge on any atom is 0.323 e. The average Bonchev–Trinajstić information content (AvgIpc) is 2.48. The second-order valence-electron chi connectivity index (χ2n) is 4.81. The summed E-state index contributed by atoms with van der Waals surface area (Å²) < 4.78 is 10.9. The van der Waals surface area contributed by atoms with Gasteiger partial charge in [0, 0.05) is 13.2 Å². The maximum absolute atomic E-state index is 5.48. The van der Waals surface area contributed by atoms with Gasteiger partial charge in [0.05, 0.1) is 12.7 Å². The predicted octanol–water partition coefficient (Wildman–Crippen LogP) is 1.56. The third-order valence-corrected chi connectivity index (χ3v) is 2.48. The fourth-order valence-electron chi connectivity index (χ4n) is 1.50. The summed E-state index contributed by atoms with van der Waals surface area (Å²) in [6.45, 7) is 8.14. The summed E-state index contributed by atoms with van der Waals surface area (Å²) in [7, 11) is 0. The number of anilines is 2. The van der Waals surface area contributed by atoms with E-state index in [2.05, 4.69) is 25.7 Å². The van der Waals surface area contributed by atoms with Crippen LogP contribution in [0.4, 0.5) is 11.9 Å². The number of hydrogen-bond acceptors (Lipinski definition) is 8. The zero-order valence-corrected chi connectivity index (χ0v) is 13.1. The second kappa shape index (κ2) is 10.1. The monoisotopic (exact) mass is 298 g/mol. The molecule has 0 aromatic carbocycles. The third-order valence-electron chi connectivity index (χ3n) is 2.48. The number of unbranched alkanes of at least 4 members (excludes halogenated alkanes) is 1. The van der Waals surface area contributed by atoms with Crippen LogP contribution in [0.15, 0.2) is 0 Å². The van der Waals surface area contributed by atoms with Crippen molar-refractivity contribution in [3.8, 4) is 6.01 Å². The van der Waals surface area contributed by atoms with Crippen molar-refractivity contribution in [2.75, 3.05) is 30.5 Å². The number of aromatic nitrogens is 3. The SMILES string of the molecule is CCCOc1nc(NN)nc(NCCCCOC(C)C)n1. The molecule has 21 heavy (non-hydrogen) atoms. The highest BCUT2D eigenvalue weighted by Gasteiger charge is 2.06. The van der Waals surface area contributed by atoms with Gasteiger partial charge in [-0.25, -0.2) is 5.84 Å². The summed E-state index contributed by atoms with van der Waals surface area (Å²) in [4.78, 5) is 12.3. The minimum absolute atomic E-state index is 0.269. The zero-order valence-electron chi connectivity index (χ0n) is 13.1. The minimum atomic E-state index is 0.269. The summed E-state index contributed by atoms with van der Waals surface area (Å²) in [6, 6.07) is 0.269. The van der Waals surface area contributed by atoms with Gasteiger partial charge in [-0.15, -0.1) is 0 Å². The molecule has 8 heteroatoms. The lowest BCUT2D eigenvalue weighted by Crippen LogP contribution is -2.15. The van der Waals surface area contributed by atoms with Gasteiger partial charge in [-0.1, -0.05) is 6.92 Å². The van der Waals surface area contributed by atoms with E-state index in [4.69, 9.17) is 15.3 Å². The van der Waals surface area contributed by atoms with Crippen molar-refractivity contribution in [2.45, 2.75) is 46.1 Å². The Kier molecular flexibility index (Phi) is 8.37. The number of hydrazine groups is 1. The Hall–Kier alpha value is -1.67. The summed E-state index contributed by atoms with van der Waals surface area (Å²) >= 11 is 0. The van der Waals surface area contributed by atoms with E-state index >= 15 is 0 Å². The highest BCUT2D eigenvalue weighted by atomic mass is 16.5. The van der Waals surface area contributed by atoms with Crippen molar-refractivity contribution in [1.29, 1.82) is 0 Å². The first-order chi connectivity index (χ1) is 10.2. The van der Waals surface area contributed by atoms with E-state index in [1.165, 1.54) is 0 Å². The molecule has 8 nitrogen and oxygen atoms in total. The van der Waals surface area contributed by atoms with Crippen LogP contribution in [0.2, 0.25) is 0 Å². The Balaban J connectivity index is 2.39. The number of rotatable bonds is 11. The highest BCUT2D eigenvalue weighted by Crippen LogP contribution is 2.10. The number of hydrogen-bond donors (Lipinski definition) is 3. The van der Waals surface area contributed by atoms with Gasteiger partial charge in [0.25, 0.3) is 0 Å². The van der Waals surface area contributed by atoms with Crippen LogP contribution in [0.3, 0.4) is 0 Å². The molecule has 120 valence electrons. The van der Waals surface area contributed by atoms with Crippen LogP contribution >= 0.6 is 0 Å². The van der Waals surface area contributed by atoms with Crippen LogP contribution in [0, 0.1) is 0 Å². The molecule has 0 saturated carbocycles. The van der Waals surface area contributed by atoms with Gasteiger partial charge >= 0.3 is 6.01 Å². The first-order valence-electron chi connectivity index (χ1n) is 7.36. The molecular formula is C13H26N6O2. The van der Waals surface area contributed by atoms with Crippen molar-refractivity contribution < 1.29 is 9.47 Å². The Morgan fingerprint density at radius 3 is 2.52 bits per heavy atom. The molecular weight excluding hydrogens is 272 g/mol. The summed E-state index contributed by atoms with van der Waals surface area (Å²) in [6.07, 6.45) is 3.11. The standard InChI is InChI=1S/C13H26N6O2/c1-4-8-21-13-17-11(16-12(18-13)19-14)15-7-5-6-9-20-10(2)3/h10H,4-9,14H2,1-3H3,(H2,15,16,17,18,19). The van der Waals surface area contributed by atoms with Gasteiger partial charge < -0.3 is 14.8 Å². The molecule has 0 amide bonds. The van der Waals surface area contributed by atoms with E-state index in [0.717, 1.165) is 32.4 Å². The predicted molar refractivity (Wildman–Crippen MR) is 82.2 cm³/mol. The molecule has 0 fully saturated rings. The first kappa shape index (κ1) is 17.4. The largest absolute Gasteiger partial charge is 0.463 e. The number of nitrogens with zero attached hydrogens (tertiary/aromatic N) is 3. The highest BCUT2D eigenvalue weighted by molar-refractivity contribution is 5.34. The molecule has 1 heterocycles. The molecule has 0 aliphatic rings. The Morgan fingerprint density at radius 2 is 1.86 bits per heavy atom. The molecule has 0 saturated heterocycles. The van der Waals surface area contributed by atoms with Crippen molar-refractivity contribution in [2.24, 2.45) is 5.84 Å². The number of nitrogens with one attached hydrogen (secondary N) is 2. The molecule has 1 rings (SSSR count). The van der Waals surface area contributed by atoms with Crippen LogP contribution in [0.1, 0.15) is 40.0 Å². The molecule has 1 aromatic rings. The van der Waals surface area contributed by atoms with Crippen molar-refractivity contribution in [3.63, 3.8) is 0 Å². The van der Waals surface area contributed by atoms with Crippen molar-refractivity contribution in [3.05, 3.63) is 0 Å². The smallest absolute Gasteiger partial charge is 0.323 e. The Labute approximate surface area is 125 Å². The lowest BCUT2D eigenvalue weighted by atomic mass is 10.3. The molecule has 0 unspecified atom stereocenters. The fraction of sp³-hybridized carbons (Fsp3) is 0.769.